The van der Waals surface area contributed by atoms with E-state index in [2.05, 4.69) is 9.88 Å². The van der Waals surface area contributed by atoms with Gasteiger partial charge in [0.1, 0.15) is 12.0 Å². The fraction of sp³-hybridized carbons (Fsp3) is 0.538. The van der Waals surface area contributed by atoms with Gasteiger partial charge < -0.3 is 10.6 Å². The molecule has 7 heteroatoms. The van der Waals surface area contributed by atoms with Crippen LogP contribution in [0.1, 0.15) is 24.8 Å². The molecule has 0 bridgehead atoms. The number of carbonyl (C=O) groups is 1. The molecule has 2 rings (SSSR count). The van der Waals surface area contributed by atoms with Crippen LogP contribution in [0.4, 0.5) is 11.5 Å². The first-order chi connectivity index (χ1) is 9.47. The van der Waals surface area contributed by atoms with Gasteiger partial charge in [-0.25, -0.2) is 4.98 Å². The largest absolute Gasteiger partial charge is 0.370 e. The van der Waals surface area contributed by atoms with E-state index >= 15 is 0 Å². The maximum absolute atomic E-state index is 11.0. The number of hydrogen-bond acceptors (Lipinski definition) is 5. The molecule has 108 valence electrons. The number of piperidine rings is 1. The number of anilines is 1. The fourth-order valence-electron chi connectivity index (χ4n) is 2.62. The number of carbonyl (C=O) groups excluding carboxylic acids is 1. The van der Waals surface area contributed by atoms with E-state index in [1.165, 1.54) is 6.20 Å². The van der Waals surface area contributed by atoms with E-state index in [4.69, 9.17) is 5.73 Å². The number of amides is 1. The molecular weight excluding hydrogens is 260 g/mol. The van der Waals surface area contributed by atoms with E-state index in [9.17, 15) is 14.9 Å². The van der Waals surface area contributed by atoms with Crippen molar-refractivity contribution in [3.63, 3.8) is 0 Å². The molecule has 2 heterocycles. The molecule has 1 aromatic heterocycles. The molecule has 0 spiro atoms. The molecule has 1 aliphatic heterocycles. The van der Waals surface area contributed by atoms with Crippen LogP contribution in [-0.2, 0) is 4.79 Å². The number of nitrogens with two attached hydrogens (primary N) is 1. The van der Waals surface area contributed by atoms with Crippen LogP contribution in [0.15, 0.2) is 12.3 Å². The zero-order valence-electron chi connectivity index (χ0n) is 11.4. The van der Waals surface area contributed by atoms with Gasteiger partial charge in [0.15, 0.2) is 0 Å². The molecule has 1 atom stereocenters. The first-order valence-corrected chi connectivity index (χ1v) is 6.61. The van der Waals surface area contributed by atoms with Crippen LogP contribution in [0, 0.1) is 23.0 Å². The maximum atomic E-state index is 11.0. The number of pyridine rings is 1. The predicted molar refractivity (Wildman–Crippen MR) is 74.4 cm³/mol. The summed E-state index contributed by atoms with van der Waals surface area (Å²) in [5.74, 6) is 0.672. The molecular formula is C13H18N4O3. The smallest absolute Gasteiger partial charge is 0.290 e. The van der Waals surface area contributed by atoms with E-state index in [-0.39, 0.29) is 17.5 Å². The van der Waals surface area contributed by atoms with Gasteiger partial charge in [-0.1, -0.05) is 0 Å². The van der Waals surface area contributed by atoms with E-state index in [1.54, 1.807) is 13.0 Å². The summed E-state index contributed by atoms with van der Waals surface area (Å²) < 4.78 is 0. The van der Waals surface area contributed by atoms with Crippen molar-refractivity contribution in [3.05, 3.63) is 27.9 Å². The molecule has 7 nitrogen and oxygen atoms in total. The van der Waals surface area contributed by atoms with Crippen molar-refractivity contribution in [1.82, 2.24) is 4.98 Å². The van der Waals surface area contributed by atoms with Crippen molar-refractivity contribution in [3.8, 4) is 0 Å². The Morgan fingerprint density at radius 1 is 1.65 bits per heavy atom. The lowest BCUT2D eigenvalue weighted by atomic mass is 9.94. The highest BCUT2D eigenvalue weighted by Gasteiger charge is 2.23. The van der Waals surface area contributed by atoms with Gasteiger partial charge in [-0.05, 0) is 31.7 Å². The molecule has 2 N–H and O–H groups in total. The number of hydrogen-bond donors (Lipinski definition) is 1. The van der Waals surface area contributed by atoms with Gasteiger partial charge in [-0.3, -0.25) is 14.9 Å². The van der Waals surface area contributed by atoms with Crippen LogP contribution in [0.2, 0.25) is 0 Å². The Bertz CT molecular complexity index is 532. The summed E-state index contributed by atoms with van der Waals surface area (Å²) in [5, 5.41) is 10.8. The minimum absolute atomic E-state index is 0.0273. The lowest BCUT2D eigenvalue weighted by molar-refractivity contribution is -0.385. The molecule has 1 aliphatic rings. The van der Waals surface area contributed by atoms with Gasteiger partial charge in [-0.15, -0.1) is 0 Å². The monoisotopic (exact) mass is 278 g/mol. The van der Waals surface area contributed by atoms with Crippen LogP contribution < -0.4 is 10.6 Å². The minimum atomic E-state index is -0.432. The zero-order chi connectivity index (χ0) is 14.7. The van der Waals surface area contributed by atoms with Gasteiger partial charge in [0.05, 0.1) is 4.92 Å². The first kappa shape index (κ1) is 14.2. The van der Waals surface area contributed by atoms with E-state index in [1.807, 2.05) is 0 Å². The van der Waals surface area contributed by atoms with Crippen molar-refractivity contribution in [2.45, 2.75) is 26.2 Å². The first-order valence-electron chi connectivity index (χ1n) is 6.61. The minimum Gasteiger partial charge on any atom is -0.370 e. The highest BCUT2D eigenvalue weighted by atomic mass is 16.6. The van der Waals surface area contributed by atoms with Crippen LogP contribution in [-0.4, -0.2) is 28.9 Å². The van der Waals surface area contributed by atoms with Crippen LogP contribution in [0.5, 0.6) is 0 Å². The lowest BCUT2D eigenvalue weighted by Gasteiger charge is -2.33. The van der Waals surface area contributed by atoms with Crippen molar-refractivity contribution in [2.24, 2.45) is 11.7 Å². The third kappa shape index (κ3) is 3.23. The molecule has 1 fully saturated rings. The van der Waals surface area contributed by atoms with Gasteiger partial charge >= 0.3 is 0 Å². The second kappa shape index (κ2) is 5.85. The van der Waals surface area contributed by atoms with Crippen molar-refractivity contribution >= 4 is 17.4 Å². The van der Waals surface area contributed by atoms with Crippen molar-refractivity contribution in [1.29, 1.82) is 0 Å². The quantitative estimate of drug-likeness (QED) is 0.662. The number of rotatable bonds is 4. The highest BCUT2D eigenvalue weighted by Crippen LogP contribution is 2.26. The Labute approximate surface area is 116 Å². The fourth-order valence-corrected chi connectivity index (χ4v) is 2.62. The highest BCUT2D eigenvalue weighted by molar-refractivity contribution is 5.74. The van der Waals surface area contributed by atoms with Gasteiger partial charge in [0.25, 0.3) is 5.69 Å². The number of aromatic nitrogens is 1. The molecule has 0 radical (unpaired) electrons. The van der Waals surface area contributed by atoms with Crippen LogP contribution in [0.25, 0.3) is 0 Å². The molecule has 0 aromatic carbocycles. The van der Waals surface area contributed by atoms with Gasteiger partial charge in [0, 0.05) is 25.1 Å². The average Bonchev–Trinajstić information content (AvgIpc) is 2.37. The van der Waals surface area contributed by atoms with E-state index < -0.39 is 4.92 Å². The Balaban J connectivity index is 2.13. The van der Waals surface area contributed by atoms with Crippen LogP contribution >= 0.6 is 0 Å². The Morgan fingerprint density at radius 2 is 2.40 bits per heavy atom. The molecule has 1 saturated heterocycles. The zero-order valence-corrected chi connectivity index (χ0v) is 11.4. The lowest BCUT2D eigenvalue weighted by Crippen LogP contribution is -2.37. The standard InChI is InChI=1S/C13H18N4O3/c1-9-5-13(15-7-11(9)17(19)20)16-4-2-3-10(8-16)6-12(14)18/h5,7,10H,2-4,6,8H2,1H3,(H2,14,18). The summed E-state index contributed by atoms with van der Waals surface area (Å²) >= 11 is 0. The normalized spacial score (nSPS) is 18.9. The molecule has 0 aliphatic carbocycles. The number of aryl methyl sites for hydroxylation is 1. The maximum Gasteiger partial charge on any atom is 0.290 e. The average molecular weight is 278 g/mol. The SMILES string of the molecule is Cc1cc(N2CCCC(CC(N)=O)C2)ncc1[N+](=O)[O-]. The summed E-state index contributed by atoms with van der Waals surface area (Å²) in [4.78, 5) is 27.6. The van der Waals surface area contributed by atoms with Crippen LogP contribution in [0.3, 0.4) is 0 Å². The predicted octanol–water partition coefficient (Wildman–Crippen LogP) is 1.39. The number of primary amides is 1. The van der Waals surface area contributed by atoms with Gasteiger partial charge in [-0.2, -0.15) is 0 Å². The summed E-state index contributed by atoms with van der Waals surface area (Å²) in [6.45, 7) is 3.26. The molecule has 20 heavy (non-hydrogen) atoms. The molecule has 1 unspecified atom stereocenters. The number of nitro groups is 1. The molecule has 0 saturated carbocycles. The number of nitrogens with zero attached hydrogens (tertiary/aromatic N) is 3. The second-order valence-corrected chi connectivity index (χ2v) is 5.21. The Morgan fingerprint density at radius 3 is 3.00 bits per heavy atom. The second-order valence-electron chi connectivity index (χ2n) is 5.21. The Hall–Kier alpha value is -2.18. The Kier molecular flexibility index (Phi) is 4.16. The third-order valence-electron chi connectivity index (χ3n) is 3.60. The van der Waals surface area contributed by atoms with Crippen molar-refractivity contribution < 1.29 is 9.72 Å². The topological polar surface area (TPSA) is 102 Å². The van der Waals surface area contributed by atoms with Gasteiger partial charge in [0.2, 0.25) is 5.91 Å². The summed E-state index contributed by atoms with van der Waals surface area (Å²) in [6.07, 6.45) is 3.62. The van der Waals surface area contributed by atoms with E-state index in [0.29, 0.717) is 18.5 Å². The third-order valence-corrected chi connectivity index (χ3v) is 3.60. The molecule has 1 amide bonds. The summed E-state index contributed by atoms with van der Waals surface area (Å²) in [5.41, 5.74) is 5.86. The molecule has 1 aromatic rings. The summed E-state index contributed by atoms with van der Waals surface area (Å²) in [7, 11) is 0. The van der Waals surface area contributed by atoms with E-state index in [0.717, 1.165) is 25.2 Å². The summed E-state index contributed by atoms with van der Waals surface area (Å²) in [6, 6.07) is 1.73. The van der Waals surface area contributed by atoms with Crippen molar-refractivity contribution in [2.75, 3.05) is 18.0 Å².